The lowest BCUT2D eigenvalue weighted by atomic mass is 9.54. The second-order valence-electron chi connectivity index (χ2n) is 10.2. The van der Waals surface area contributed by atoms with Gasteiger partial charge in [0.25, 0.3) is 0 Å². The smallest absolute Gasteiger partial charge is 0.303 e. The van der Waals surface area contributed by atoms with Crippen molar-refractivity contribution in [1.29, 1.82) is 0 Å². The molecular weight excluding hydrogens is 400 g/mol. The maximum Gasteiger partial charge on any atom is 0.303 e. The summed E-state index contributed by atoms with van der Waals surface area (Å²) in [5, 5.41) is 9.21. The largest absolute Gasteiger partial charge is 0.489 e. The van der Waals surface area contributed by atoms with Crippen LogP contribution in [-0.2, 0) is 22.6 Å². The Labute approximate surface area is 190 Å². The first-order valence-corrected chi connectivity index (χ1v) is 12.0. The molecule has 3 aliphatic carbocycles. The molecule has 2 aromatic carbocycles. The number of benzene rings is 2. The maximum absolute atomic E-state index is 13.0. The Bertz CT molecular complexity index is 1010. The third-order valence-corrected chi connectivity index (χ3v) is 8.52. The van der Waals surface area contributed by atoms with Crippen LogP contribution < -0.4 is 4.74 Å². The molecule has 0 aromatic heterocycles. The zero-order valence-corrected chi connectivity index (χ0v) is 18.8. The third kappa shape index (κ3) is 3.74. The number of ether oxygens (including phenoxy) is 1. The van der Waals surface area contributed by atoms with Crippen molar-refractivity contribution in [3.05, 3.63) is 65.2 Å². The SMILES string of the molecule is CC12CCC3c4ccc(OCc5ccccc5)cc4CCC3C1[C@H](CCC(=O)O)CC2=O. The Morgan fingerprint density at radius 2 is 1.97 bits per heavy atom. The quantitative estimate of drug-likeness (QED) is 0.628. The Balaban J connectivity index is 1.35. The number of carboxylic acids is 1. The van der Waals surface area contributed by atoms with Gasteiger partial charge in [-0.15, -0.1) is 0 Å². The third-order valence-electron chi connectivity index (χ3n) is 8.52. The van der Waals surface area contributed by atoms with Crippen LogP contribution in [0.3, 0.4) is 0 Å². The first kappa shape index (κ1) is 21.2. The van der Waals surface area contributed by atoms with Gasteiger partial charge in [-0.3, -0.25) is 9.59 Å². The Kier molecular flexibility index (Phi) is 5.56. The molecule has 4 unspecified atom stereocenters. The lowest BCUT2D eigenvalue weighted by Gasteiger charge is -2.50. The summed E-state index contributed by atoms with van der Waals surface area (Å²) in [7, 11) is 0. The van der Waals surface area contributed by atoms with Crippen molar-refractivity contribution in [3.8, 4) is 5.75 Å². The highest BCUT2D eigenvalue weighted by atomic mass is 16.5. The number of carboxylic acid groups (broad SMARTS) is 1. The Hall–Kier alpha value is -2.62. The summed E-state index contributed by atoms with van der Waals surface area (Å²) in [6.07, 6.45) is 5.42. The van der Waals surface area contributed by atoms with Crippen LogP contribution in [0.2, 0.25) is 0 Å². The van der Waals surface area contributed by atoms with E-state index in [9.17, 15) is 14.7 Å². The summed E-state index contributed by atoms with van der Waals surface area (Å²) < 4.78 is 6.06. The minimum absolute atomic E-state index is 0.167. The van der Waals surface area contributed by atoms with Crippen LogP contribution in [0.1, 0.15) is 68.1 Å². The van der Waals surface area contributed by atoms with Gasteiger partial charge >= 0.3 is 5.97 Å². The predicted molar refractivity (Wildman–Crippen MR) is 123 cm³/mol. The molecule has 1 N–H and O–H groups in total. The van der Waals surface area contributed by atoms with E-state index in [0.29, 0.717) is 43.0 Å². The normalized spacial score (nSPS) is 30.8. The highest BCUT2D eigenvalue weighted by Gasteiger charge is 2.58. The van der Waals surface area contributed by atoms with Crippen LogP contribution in [0.25, 0.3) is 0 Å². The maximum atomic E-state index is 13.0. The summed E-state index contributed by atoms with van der Waals surface area (Å²) in [5.41, 5.74) is 3.70. The van der Waals surface area contributed by atoms with E-state index in [-0.39, 0.29) is 17.8 Å². The first-order chi connectivity index (χ1) is 15.5. The van der Waals surface area contributed by atoms with Crippen LogP contribution >= 0.6 is 0 Å². The van der Waals surface area contributed by atoms with Crippen molar-refractivity contribution in [3.63, 3.8) is 0 Å². The Morgan fingerprint density at radius 1 is 1.16 bits per heavy atom. The number of carbonyl (C=O) groups excluding carboxylic acids is 1. The molecule has 4 heteroatoms. The first-order valence-electron chi connectivity index (χ1n) is 12.0. The van der Waals surface area contributed by atoms with Crippen molar-refractivity contribution in [2.45, 2.75) is 64.4 Å². The number of hydrogen-bond acceptors (Lipinski definition) is 3. The molecule has 0 saturated heterocycles. The van der Waals surface area contributed by atoms with Gasteiger partial charge in [-0.2, -0.15) is 0 Å². The van der Waals surface area contributed by atoms with Crippen molar-refractivity contribution in [2.75, 3.05) is 0 Å². The minimum atomic E-state index is -0.754. The fraction of sp³-hybridized carbons (Fsp3) is 0.500. The monoisotopic (exact) mass is 432 g/mol. The van der Waals surface area contributed by atoms with Crippen LogP contribution in [0, 0.1) is 23.2 Å². The van der Waals surface area contributed by atoms with Gasteiger partial charge in [0.05, 0.1) is 0 Å². The summed E-state index contributed by atoms with van der Waals surface area (Å²) in [4.78, 5) is 24.2. The fourth-order valence-corrected chi connectivity index (χ4v) is 7.02. The lowest BCUT2D eigenvalue weighted by Crippen LogP contribution is -2.44. The second-order valence-corrected chi connectivity index (χ2v) is 10.2. The molecule has 2 saturated carbocycles. The number of ketones is 1. The van der Waals surface area contributed by atoms with Gasteiger partial charge in [0, 0.05) is 18.3 Å². The van der Waals surface area contributed by atoms with Crippen LogP contribution in [0.5, 0.6) is 5.75 Å². The van der Waals surface area contributed by atoms with E-state index in [1.165, 1.54) is 11.1 Å². The van der Waals surface area contributed by atoms with Crippen molar-refractivity contribution < 1.29 is 19.4 Å². The van der Waals surface area contributed by atoms with Gasteiger partial charge < -0.3 is 9.84 Å². The zero-order valence-electron chi connectivity index (χ0n) is 18.8. The van der Waals surface area contributed by atoms with E-state index in [0.717, 1.165) is 37.0 Å². The van der Waals surface area contributed by atoms with Gasteiger partial charge in [0.15, 0.2) is 0 Å². The van der Waals surface area contributed by atoms with Gasteiger partial charge in [-0.05, 0) is 84.6 Å². The van der Waals surface area contributed by atoms with Gasteiger partial charge in [0.1, 0.15) is 18.1 Å². The van der Waals surface area contributed by atoms with Crippen molar-refractivity contribution in [2.24, 2.45) is 23.2 Å². The van der Waals surface area contributed by atoms with E-state index < -0.39 is 5.97 Å². The van der Waals surface area contributed by atoms with Gasteiger partial charge in [0.2, 0.25) is 0 Å². The molecule has 0 amide bonds. The molecular formula is C28H32O4. The topological polar surface area (TPSA) is 63.6 Å². The summed E-state index contributed by atoms with van der Waals surface area (Å²) in [6, 6.07) is 16.8. The number of fused-ring (bicyclic) bond motifs is 5. The molecule has 0 spiro atoms. The standard InChI is InChI=1S/C28H32O4/c1-28-14-13-23-22-11-9-21(32-17-18-5-3-2-4-6-18)15-19(22)7-10-24(23)27(28)20(16-25(28)29)8-12-26(30)31/h2-6,9,11,15,20,23-24,27H,7-8,10,12-14,16-17H2,1H3,(H,30,31)/t20-,23?,24?,27?,28?/m1/s1. The number of rotatable bonds is 6. The lowest BCUT2D eigenvalue weighted by molar-refractivity contribution is -0.137. The molecule has 5 rings (SSSR count). The number of aliphatic carboxylic acids is 1. The molecule has 0 aliphatic heterocycles. The number of hydrogen-bond donors (Lipinski definition) is 1. The van der Waals surface area contributed by atoms with E-state index in [4.69, 9.17) is 4.74 Å². The van der Waals surface area contributed by atoms with Crippen LogP contribution in [0.4, 0.5) is 0 Å². The van der Waals surface area contributed by atoms with Crippen LogP contribution in [-0.4, -0.2) is 16.9 Å². The average Bonchev–Trinajstić information content (AvgIpc) is 3.06. The molecule has 3 aliphatic rings. The summed E-state index contributed by atoms with van der Waals surface area (Å²) in [5.74, 6) is 2.01. The second kappa shape index (κ2) is 8.38. The number of Topliss-reactive ketones (excluding diaryl/α,β-unsaturated/α-hetero) is 1. The highest BCUT2D eigenvalue weighted by molar-refractivity contribution is 5.87. The Morgan fingerprint density at radius 3 is 2.75 bits per heavy atom. The molecule has 4 nitrogen and oxygen atoms in total. The highest BCUT2D eigenvalue weighted by Crippen LogP contribution is 2.62. The number of carbonyl (C=O) groups is 2. The predicted octanol–water partition coefficient (Wildman–Crippen LogP) is 5.78. The van der Waals surface area contributed by atoms with E-state index in [2.05, 4.69) is 37.3 Å². The summed E-state index contributed by atoms with van der Waals surface area (Å²) in [6.45, 7) is 2.73. The van der Waals surface area contributed by atoms with E-state index >= 15 is 0 Å². The van der Waals surface area contributed by atoms with E-state index in [1.54, 1.807) is 0 Å². The molecule has 0 heterocycles. The zero-order chi connectivity index (χ0) is 22.3. The molecule has 2 aromatic rings. The van der Waals surface area contributed by atoms with Gasteiger partial charge in [-0.25, -0.2) is 0 Å². The fourth-order valence-electron chi connectivity index (χ4n) is 7.02. The average molecular weight is 433 g/mol. The van der Waals surface area contributed by atoms with Crippen molar-refractivity contribution >= 4 is 11.8 Å². The molecule has 0 radical (unpaired) electrons. The molecule has 5 atom stereocenters. The number of aryl methyl sites for hydroxylation is 1. The molecule has 0 bridgehead atoms. The van der Waals surface area contributed by atoms with E-state index in [1.807, 2.05) is 18.2 Å². The molecule has 168 valence electrons. The van der Waals surface area contributed by atoms with Crippen LogP contribution in [0.15, 0.2) is 48.5 Å². The molecule has 32 heavy (non-hydrogen) atoms. The molecule has 2 fully saturated rings. The summed E-state index contributed by atoms with van der Waals surface area (Å²) >= 11 is 0. The minimum Gasteiger partial charge on any atom is -0.489 e. The van der Waals surface area contributed by atoms with Crippen molar-refractivity contribution in [1.82, 2.24) is 0 Å². The van der Waals surface area contributed by atoms with Gasteiger partial charge in [-0.1, -0.05) is 43.3 Å².